The van der Waals surface area contributed by atoms with Gasteiger partial charge in [-0.1, -0.05) is 6.92 Å². The molecule has 8 nitrogen and oxygen atoms in total. The molecule has 0 radical (unpaired) electrons. The van der Waals surface area contributed by atoms with Crippen LogP contribution in [0.5, 0.6) is 0 Å². The second kappa shape index (κ2) is 9.27. The fourth-order valence-electron chi connectivity index (χ4n) is 2.10. The van der Waals surface area contributed by atoms with E-state index < -0.39 is 17.7 Å². The maximum atomic E-state index is 12.0. The molecular weight excluding hydrogens is 312 g/mol. The van der Waals surface area contributed by atoms with Crippen LogP contribution in [0.2, 0.25) is 0 Å². The second-order valence-electron chi connectivity index (χ2n) is 6.51. The number of carbonyl (C=O) groups is 2. The Labute approximate surface area is 142 Å². The van der Waals surface area contributed by atoms with Crippen molar-refractivity contribution >= 4 is 12.1 Å². The number of imidazole rings is 1. The molecule has 3 N–H and O–H groups in total. The van der Waals surface area contributed by atoms with Crippen molar-refractivity contribution in [2.75, 3.05) is 13.7 Å². The Balaban J connectivity index is 2.58. The lowest BCUT2D eigenvalue weighted by molar-refractivity contribution is -0.143. The maximum absolute atomic E-state index is 12.0. The third-order valence-electron chi connectivity index (χ3n) is 3.29. The lowest BCUT2D eigenvalue weighted by atomic mass is 10.1. The Morgan fingerprint density at radius 1 is 1.38 bits per heavy atom. The van der Waals surface area contributed by atoms with Crippen LogP contribution in [0.1, 0.15) is 39.8 Å². The van der Waals surface area contributed by atoms with Gasteiger partial charge in [0.2, 0.25) is 0 Å². The minimum Gasteiger partial charge on any atom is -0.468 e. The Morgan fingerprint density at radius 2 is 2.08 bits per heavy atom. The van der Waals surface area contributed by atoms with Gasteiger partial charge in [0.1, 0.15) is 11.6 Å². The molecule has 1 unspecified atom stereocenters. The van der Waals surface area contributed by atoms with Crippen LogP contribution in [-0.4, -0.2) is 53.4 Å². The van der Waals surface area contributed by atoms with Crippen molar-refractivity contribution in [1.82, 2.24) is 20.6 Å². The van der Waals surface area contributed by atoms with Crippen LogP contribution in [0.25, 0.3) is 0 Å². The minimum atomic E-state index is -0.547. The number of carbonyl (C=O) groups excluding carboxylic acids is 2. The standard InChI is InChI=1S/C16H28N4O4/c1-6-11(9-18-15(22)24-16(2,3)4)20-13(14(21)23-5)7-12-8-17-10-19-12/h8,10-11,13,20H,6-7,9H2,1-5H3,(H,17,19)(H,18,22)/t11?,13-/m0/s1. The van der Waals surface area contributed by atoms with E-state index in [0.717, 1.165) is 12.1 Å². The molecule has 1 heterocycles. The van der Waals surface area contributed by atoms with E-state index in [1.54, 1.807) is 33.3 Å². The third kappa shape index (κ3) is 7.45. The Kier molecular flexibility index (Phi) is 7.70. The topological polar surface area (TPSA) is 105 Å². The van der Waals surface area contributed by atoms with Gasteiger partial charge >= 0.3 is 12.1 Å². The molecule has 0 spiro atoms. The van der Waals surface area contributed by atoms with Gasteiger partial charge in [0.25, 0.3) is 0 Å². The van der Waals surface area contributed by atoms with Crippen LogP contribution in [0, 0.1) is 0 Å². The van der Waals surface area contributed by atoms with E-state index in [-0.39, 0.29) is 12.0 Å². The van der Waals surface area contributed by atoms with Gasteiger partial charge in [-0.3, -0.25) is 10.1 Å². The number of nitrogens with one attached hydrogen (secondary N) is 3. The average molecular weight is 340 g/mol. The highest BCUT2D eigenvalue weighted by Gasteiger charge is 2.24. The molecule has 1 aromatic heterocycles. The van der Waals surface area contributed by atoms with Crippen molar-refractivity contribution in [2.45, 2.75) is 58.2 Å². The molecule has 0 fully saturated rings. The fourth-order valence-corrected chi connectivity index (χ4v) is 2.10. The van der Waals surface area contributed by atoms with Crippen LogP contribution in [-0.2, 0) is 20.7 Å². The summed E-state index contributed by atoms with van der Waals surface area (Å²) in [5.74, 6) is -0.361. The molecule has 0 saturated heterocycles. The number of esters is 1. The van der Waals surface area contributed by atoms with Crippen molar-refractivity contribution < 1.29 is 19.1 Å². The number of nitrogens with zero attached hydrogens (tertiary/aromatic N) is 1. The third-order valence-corrected chi connectivity index (χ3v) is 3.29. The van der Waals surface area contributed by atoms with E-state index in [2.05, 4.69) is 20.6 Å². The van der Waals surface area contributed by atoms with Gasteiger partial charge in [0, 0.05) is 30.9 Å². The molecule has 0 bridgehead atoms. The number of methoxy groups -OCH3 is 1. The summed E-state index contributed by atoms with van der Waals surface area (Å²) in [5.41, 5.74) is 0.279. The first kappa shape index (κ1) is 20.0. The van der Waals surface area contributed by atoms with Gasteiger partial charge < -0.3 is 19.8 Å². The predicted octanol–water partition coefficient (Wildman–Crippen LogP) is 1.39. The normalized spacial score (nSPS) is 13.9. The highest BCUT2D eigenvalue weighted by atomic mass is 16.6. The summed E-state index contributed by atoms with van der Waals surface area (Å²) in [6.45, 7) is 7.74. The first-order valence-corrected chi connectivity index (χ1v) is 8.03. The van der Waals surface area contributed by atoms with Crippen LogP contribution < -0.4 is 10.6 Å². The zero-order valence-corrected chi connectivity index (χ0v) is 15.0. The van der Waals surface area contributed by atoms with Gasteiger partial charge in [-0.2, -0.15) is 0 Å². The summed E-state index contributed by atoms with van der Waals surface area (Å²) in [4.78, 5) is 30.6. The molecule has 0 aliphatic rings. The van der Waals surface area contributed by atoms with E-state index in [1.165, 1.54) is 7.11 Å². The number of ether oxygens (including phenoxy) is 2. The number of aromatic amines is 1. The lowest BCUT2D eigenvalue weighted by Crippen LogP contribution is -2.50. The fraction of sp³-hybridized carbons (Fsp3) is 0.688. The van der Waals surface area contributed by atoms with Crippen molar-refractivity contribution in [3.63, 3.8) is 0 Å². The minimum absolute atomic E-state index is 0.0930. The monoisotopic (exact) mass is 340 g/mol. The van der Waals surface area contributed by atoms with Gasteiger partial charge in [-0.05, 0) is 27.2 Å². The zero-order valence-electron chi connectivity index (χ0n) is 15.0. The van der Waals surface area contributed by atoms with E-state index in [4.69, 9.17) is 9.47 Å². The molecule has 1 aromatic rings. The zero-order chi connectivity index (χ0) is 18.2. The van der Waals surface area contributed by atoms with E-state index in [0.29, 0.717) is 13.0 Å². The second-order valence-corrected chi connectivity index (χ2v) is 6.51. The van der Waals surface area contributed by atoms with Crippen molar-refractivity contribution in [1.29, 1.82) is 0 Å². The summed E-state index contributed by atoms with van der Waals surface area (Å²) in [6.07, 6.45) is 3.90. The van der Waals surface area contributed by atoms with Crippen molar-refractivity contribution in [2.24, 2.45) is 0 Å². The Morgan fingerprint density at radius 3 is 2.58 bits per heavy atom. The molecule has 0 saturated carbocycles. The summed E-state index contributed by atoms with van der Waals surface area (Å²) >= 11 is 0. The molecule has 8 heteroatoms. The van der Waals surface area contributed by atoms with E-state index in [1.807, 2.05) is 6.92 Å². The number of aromatic nitrogens is 2. The summed E-state index contributed by atoms with van der Waals surface area (Å²) in [6, 6.07) is -0.620. The number of rotatable bonds is 8. The first-order valence-electron chi connectivity index (χ1n) is 8.03. The molecule has 24 heavy (non-hydrogen) atoms. The number of hydrogen-bond acceptors (Lipinski definition) is 6. The number of amides is 1. The summed E-state index contributed by atoms with van der Waals surface area (Å²) < 4.78 is 10.1. The quantitative estimate of drug-likeness (QED) is 0.618. The van der Waals surface area contributed by atoms with Crippen LogP contribution >= 0.6 is 0 Å². The molecule has 1 rings (SSSR count). The SMILES string of the molecule is CCC(CNC(=O)OC(C)(C)C)N[C@@H](Cc1cnc[nH]1)C(=O)OC. The van der Waals surface area contributed by atoms with Gasteiger partial charge in [0.05, 0.1) is 13.4 Å². The van der Waals surface area contributed by atoms with Gasteiger partial charge in [-0.25, -0.2) is 9.78 Å². The Bertz CT molecular complexity index is 511. The molecule has 0 aliphatic carbocycles. The van der Waals surface area contributed by atoms with Crippen molar-refractivity contribution in [3.8, 4) is 0 Å². The number of H-pyrrole nitrogens is 1. The largest absolute Gasteiger partial charge is 0.468 e. The number of hydrogen-bond donors (Lipinski definition) is 3. The Hall–Kier alpha value is -2.09. The summed E-state index contributed by atoms with van der Waals surface area (Å²) in [7, 11) is 1.35. The van der Waals surface area contributed by atoms with Gasteiger partial charge in [0.15, 0.2) is 0 Å². The highest BCUT2D eigenvalue weighted by Crippen LogP contribution is 2.07. The molecular formula is C16H28N4O4. The molecule has 0 aromatic carbocycles. The average Bonchev–Trinajstić information content (AvgIpc) is 3.00. The summed E-state index contributed by atoms with van der Waals surface area (Å²) in [5, 5.41) is 5.93. The molecule has 2 atom stereocenters. The van der Waals surface area contributed by atoms with Crippen LogP contribution in [0.3, 0.4) is 0 Å². The first-order chi connectivity index (χ1) is 11.2. The van der Waals surface area contributed by atoms with E-state index >= 15 is 0 Å². The maximum Gasteiger partial charge on any atom is 0.407 e. The molecule has 136 valence electrons. The molecule has 0 aliphatic heterocycles. The number of alkyl carbamates (subject to hydrolysis) is 1. The van der Waals surface area contributed by atoms with Gasteiger partial charge in [-0.15, -0.1) is 0 Å². The molecule has 1 amide bonds. The lowest BCUT2D eigenvalue weighted by Gasteiger charge is -2.25. The predicted molar refractivity (Wildman–Crippen MR) is 89.5 cm³/mol. The smallest absolute Gasteiger partial charge is 0.407 e. The van der Waals surface area contributed by atoms with E-state index in [9.17, 15) is 9.59 Å². The van der Waals surface area contributed by atoms with Crippen LogP contribution in [0.15, 0.2) is 12.5 Å². The van der Waals surface area contributed by atoms with Crippen molar-refractivity contribution in [3.05, 3.63) is 18.2 Å². The van der Waals surface area contributed by atoms with Crippen LogP contribution in [0.4, 0.5) is 4.79 Å². The highest BCUT2D eigenvalue weighted by molar-refractivity contribution is 5.76.